The summed E-state index contributed by atoms with van der Waals surface area (Å²) < 4.78 is 14.9. The number of aromatic nitrogens is 2. The molecule has 0 amide bonds. The van der Waals surface area contributed by atoms with Gasteiger partial charge in [-0.05, 0) is 24.6 Å². The average molecular weight is 233 g/mol. The molecule has 0 bridgehead atoms. The molecule has 0 fully saturated rings. The smallest absolute Gasteiger partial charge is 0.123 e. The number of rotatable bonds is 4. The van der Waals surface area contributed by atoms with E-state index in [1.165, 1.54) is 12.1 Å². The molecule has 1 atom stereocenters. The Labute approximate surface area is 100 Å². The molecule has 2 rings (SSSR count). The molecule has 0 aliphatic carbocycles. The van der Waals surface area contributed by atoms with E-state index in [2.05, 4.69) is 9.55 Å². The van der Waals surface area contributed by atoms with Crippen molar-refractivity contribution < 1.29 is 4.39 Å². The Bertz CT molecular complexity index is 476. The van der Waals surface area contributed by atoms with Crippen LogP contribution in [0.3, 0.4) is 0 Å². The van der Waals surface area contributed by atoms with E-state index in [-0.39, 0.29) is 11.7 Å². The van der Waals surface area contributed by atoms with Crippen LogP contribution in [0, 0.1) is 12.7 Å². The average Bonchev–Trinajstić information content (AvgIpc) is 2.73. The lowest BCUT2D eigenvalue weighted by Crippen LogP contribution is -2.18. The molecule has 0 saturated heterocycles. The van der Waals surface area contributed by atoms with Gasteiger partial charge in [0.2, 0.25) is 0 Å². The Kier molecular flexibility index (Phi) is 3.54. The molecule has 4 heteroatoms. The zero-order valence-electron chi connectivity index (χ0n) is 9.81. The van der Waals surface area contributed by atoms with Gasteiger partial charge in [-0.15, -0.1) is 0 Å². The molecule has 1 unspecified atom stereocenters. The number of benzene rings is 1. The highest BCUT2D eigenvalue weighted by Crippen LogP contribution is 2.18. The van der Waals surface area contributed by atoms with Crippen LogP contribution < -0.4 is 5.73 Å². The maximum absolute atomic E-state index is 12.8. The second-order valence-electron chi connectivity index (χ2n) is 4.11. The third-order valence-electron chi connectivity index (χ3n) is 2.97. The Morgan fingerprint density at radius 1 is 1.35 bits per heavy atom. The summed E-state index contributed by atoms with van der Waals surface area (Å²) in [6.45, 7) is 3.26. The third kappa shape index (κ3) is 2.71. The molecular formula is C13H16FN3. The van der Waals surface area contributed by atoms with Crippen molar-refractivity contribution in [3.8, 4) is 0 Å². The zero-order valence-corrected chi connectivity index (χ0v) is 9.81. The quantitative estimate of drug-likeness (QED) is 0.878. The number of hydrogen-bond donors (Lipinski definition) is 1. The molecule has 0 aliphatic rings. The minimum Gasteiger partial charge on any atom is -0.335 e. The van der Waals surface area contributed by atoms with Crippen LogP contribution in [0.15, 0.2) is 36.7 Å². The van der Waals surface area contributed by atoms with Crippen molar-refractivity contribution in [1.82, 2.24) is 9.55 Å². The van der Waals surface area contributed by atoms with Crippen molar-refractivity contribution in [3.05, 3.63) is 53.9 Å². The van der Waals surface area contributed by atoms with Crippen LogP contribution in [-0.2, 0) is 6.54 Å². The molecule has 2 N–H and O–H groups in total. The normalized spacial score (nSPS) is 12.6. The first-order valence-corrected chi connectivity index (χ1v) is 5.64. The third-order valence-corrected chi connectivity index (χ3v) is 2.97. The standard InChI is InChI=1S/C13H16FN3/c1-10-16-6-7-17(10)9-12(8-15)11-2-4-13(14)5-3-11/h2-7,12H,8-9,15H2,1H3. The molecule has 1 aromatic carbocycles. The van der Waals surface area contributed by atoms with Crippen LogP contribution in [0.1, 0.15) is 17.3 Å². The van der Waals surface area contributed by atoms with E-state index < -0.39 is 0 Å². The second-order valence-corrected chi connectivity index (χ2v) is 4.11. The van der Waals surface area contributed by atoms with Crippen molar-refractivity contribution >= 4 is 0 Å². The number of halogens is 1. The van der Waals surface area contributed by atoms with Gasteiger partial charge in [-0.2, -0.15) is 0 Å². The highest BCUT2D eigenvalue weighted by atomic mass is 19.1. The van der Waals surface area contributed by atoms with Crippen LogP contribution in [0.4, 0.5) is 4.39 Å². The van der Waals surface area contributed by atoms with Crippen LogP contribution in [0.2, 0.25) is 0 Å². The number of hydrogen-bond acceptors (Lipinski definition) is 2. The van der Waals surface area contributed by atoms with Gasteiger partial charge in [-0.25, -0.2) is 9.37 Å². The predicted molar refractivity (Wildman–Crippen MR) is 65.2 cm³/mol. The molecular weight excluding hydrogens is 217 g/mol. The van der Waals surface area contributed by atoms with Gasteiger partial charge in [-0.1, -0.05) is 12.1 Å². The molecule has 3 nitrogen and oxygen atoms in total. The Morgan fingerprint density at radius 3 is 2.59 bits per heavy atom. The van der Waals surface area contributed by atoms with E-state index in [1.54, 1.807) is 18.3 Å². The minimum atomic E-state index is -0.219. The molecule has 1 heterocycles. The van der Waals surface area contributed by atoms with Gasteiger partial charge in [0.1, 0.15) is 11.6 Å². The zero-order chi connectivity index (χ0) is 12.3. The van der Waals surface area contributed by atoms with E-state index >= 15 is 0 Å². The van der Waals surface area contributed by atoms with Gasteiger partial charge in [-0.3, -0.25) is 0 Å². The molecule has 90 valence electrons. The summed E-state index contributed by atoms with van der Waals surface area (Å²) in [6.07, 6.45) is 3.70. The number of aryl methyl sites for hydroxylation is 1. The van der Waals surface area contributed by atoms with Crippen LogP contribution in [0.5, 0.6) is 0 Å². The topological polar surface area (TPSA) is 43.8 Å². The van der Waals surface area contributed by atoms with Crippen molar-refractivity contribution in [2.75, 3.05) is 6.54 Å². The first-order valence-electron chi connectivity index (χ1n) is 5.64. The van der Waals surface area contributed by atoms with Gasteiger partial charge in [0, 0.05) is 31.4 Å². The largest absolute Gasteiger partial charge is 0.335 e. The summed E-state index contributed by atoms with van der Waals surface area (Å²) in [7, 11) is 0. The number of imidazole rings is 1. The monoisotopic (exact) mass is 233 g/mol. The van der Waals surface area contributed by atoms with Gasteiger partial charge >= 0.3 is 0 Å². The van der Waals surface area contributed by atoms with E-state index in [1.807, 2.05) is 13.1 Å². The maximum atomic E-state index is 12.8. The van der Waals surface area contributed by atoms with Crippen molar-refractivity contribution in [3.63, 3.8) is 0 Å². The summed E-state index contributed by atoms with van der Waals surface area (Å²) in [5.74, 6) is 0.928. The van der Waals surface area contributed by atoms with Crippen molar-refractivity contribution in [2.24, 2.45) is 5.73 Å². The predicted octanol–water partition coefficient (Wildman–Crippen LogP) is 2.07. The summed E-state index contributed by atoms with van der Waals surface area (Å²) in [6, 6.07) is 6.52. The van der Waals surface area contributed by atoms with Crippen molar-refractivity contribution in [1.29, 1.82) is 0 Å². The second kappa shape index (κ2) is 5.10. The summed E-state index contributed by atoms with van der Waals surface area (Å²) >= 11 is 0. The SMILES string of the molecule is Cc1nccn1CC(CN)c1ccc(F)cc1. The Hall–Kier alpha value is -1.68. The lowest BCUT2D eigenvalue weighted by atomic mass is 9.99. The van der Waals surface area contributed by atoms with E-state index in [0.717, 1.165) is 17.9 Å². The molecule has 1 aromatic heterocycles. The molecule has 0 radical (unpaired) electrons. The van der Waals surface area contributed by atoms with E-state index in [0.29, 0.717) is 6.54 Å². The fourth-order valence-corrected chi connectivity index (χ4v) is 1.89. The fraction of sp³-hybridized carbons (Fsp3) is 0.308. The van der Waals surface area contributed by atoms with Crippen molar-refractivity contribution in [2.45, 2.75) is 19.4 Å². The lowest BCUT2D eigenvalue weighted by Gasteiger charge is -2.16. The highest BCUT2D eigenvalue weighted by molar-refractivity contribution is 5.21. The molecule has 2 aromatic rings. The first-order chi connectivity index (χ1) is 8.20. The maximum Gasteiger partial charge on any atom is 0.123 e. The highest BCUT2D eigenvalue weighted by Gasteiger charge is 2.11. The van der Waals surface area contributed by atoms with Crippen LogP contribution in [0.25, 0.3) is 0 Å². The summed E-state index contributed by atoms with van der Waals surface area (Å²) in [5.41, 5.74) is 6.84. The number of nitrogens with zero attached hydrogens (tertiary/aromatic N) is 2. The van der Waals surface area contributed by atoms with Gasteiger partial charge < -0.3 is 10.3 Å². The molecule has 0 saturated carbocycles. The number of nitrogens with two attached hydrogens (primary N) is 1. The molecule has 17 heavy (non-hydrogen) atoms. The first kappa shape index (κ1) is 11.8. The van der Waals surface area contributed by atoms with E-state index in [4.69, 9.17) is 5.73 Å². The summed E-state index contributed by atoms with van der Waals surface area (Å²) in [5, 5.41) is 0. The molecule has 0 aliphatic heterocycles. The van der Waals surface area contributed by atoms with Crippen LogP contribution in [-0.4, -0.2) is 16.1 Å². The minimum absolute atomic E-state index is 0.184. The van der Waals surface area contributed by atoms with Crippen LogP contribution >= 0.6 is 0 Å². The van der Waals surface area contributed by atoms with Gasteiger partial charge in [0.05, 0.1) is 0 Å². The lowest BCUT2D eigenvalue weighted by molar-refractivity contribution is 0.553. The molecule has 0 spiro atoms. The Morgan fingerprint density at radius 2 is 2.06 bits per heavy atom. The summed E-state index contributed by atoms with van der Waals surface area (Å²) in [4.78, 5) is 4.17. The van der Waals surface area contributed by atoms with Gasteiger partial charge in [0.15, 0.2) is 0 Å². The fourth-order valence-electron chi connectivity index (χ4n) is 1.89. The van der Waals surface area contributed by atoms with E-state index in [9.17, 15) is 4.39 Å². The van der Waals surface area contributed by atoms with Gasteiger partial charge in [0.25, 0.3) is 0 Å². The Balaban J connectivity index is 2.17.